The third-order valence-electron chi connectivity index (χ3n) is 3.18. The van der Waals surface area contributed by atoms with Crippen LogP contribution in [0.3, 0.4) is 0 Å². The van der Waals surface area contributed by atoms with E-state index in [0.717, 1.165) is 24.0 Å². The molecule has 0 radical (unpaired) electrons. The maximum Gasteiger partial charge on any atom is 0.201 e. The van der Waals surface area contributed by atoms with Gasteiger partial charge in [-0.25, -0.2) is 4.98 Å². The molecule has 2 heterocycles. The maximum atomic E-state index is 6.17. The molecule has 0 aromatic carbocycles. The Hall–Kier alpha value is -1.29. The molecule has 2 aromatic heterocycles. The first-order valence-corrected chi connectivity index (χ1v) is 6.07. The fourth-order valence-electron chi connectivity index (χ4n) is 1.77. The van der Waals surface area contributed by atoms with Crippen LogP contribution < -0.4 is 5.73 Å². The Morgan fingerprint density at radius 2 is 2.12 bits per heavy atom. The number of imidazole rings is 1. The summed E-state index contributed by atoms with van der Waals surface area (Å²) in [6.45, 7) is 7.37. The first-order valence-electron chi connectivity index (χ1n) is 5.70. The number of nitrogens with zero attached hydrogens (tertiary/aromatic N) is 3. The van der Waals surface area contributed by atoms with E-state index in [1.54, 1.807) is 12.4 Å². The number of nitrogens with two attached hydrogens (primary N) is 1. The molecule has 0 aliphatic heterocycles. The van der Waals surface area contributed by atoms with Crippen LogP contribution in [0.1, 0.15) is 27.2 Å². The van der Waals surface area contributed by atoms with Crippen LogP contribution in [0.4, 0.5) is 5.95 Å². The highest BCUT2D eigenvalue weighted by atomic mass is 35.5. The van der Waals surface area contributed by atoms with Gasteiger partial charge in [-0.15, -0.1) is 0 Å². The highest BCUT2D eigenvalue weighted by Crippen LogP contribution is 2.30. The molecule has 0 spiro atoms. The predicted molar refractivity (Wildman–Crippen MR) is 71.0 cm³/mol. The molecule has 0 fully saturated rings. The van der Waals surface area contributed by atoms with Crippen LogP contribution in [0.15, 0.2) is 12.4 Å². The molecular weight excluding hydrogens is 236 g/mol. The number of rotatable bonds is 3. The number of halogens is 1. The van der Waals surface area contributed by atoms with Gasteiger partial charge in [0, 0.05) is 12.7 Å². The van der Waals surface area contributed by atoms with E-state index < -0.39 is 0 Å². The molecular formula is C12H17ClN4. The van der Waals surface area contributed by atoms with Crippen molar-refractivity contribution < 1.29 is 0 Å². The normalized spacial score (nSPS) is 12.2. The lowest BCUT2D eigenvalue weighted by Gasteiger charge is -2.24. The van der Waals surface area contributed by atoms with Gasteiger partial charge in [-0.2, -0.15) is 0 Å². The summed E-state index contributed by atoms with van der Waals surface area (Å²) in [5.74, 6) is 0.497. The van der Waals surface area contributed by atoms with E-state index in [9.17, 15) is 0 Å². The van der Waals surface area contributed by atoms with Crippen LogP contribution in [-0.4, -0.2) is 14.5 Å². The molecule has 5 heteroatoms. The lowest BCUT2D eigenvalue weighted by Crippen LogP contribution is -2.19. The molecule has 0 amide bonds. The van der Waals surface area contributed by atoms with Crippen molar-refractivity contribution in [3.63, 3.8) is 0 Å². The zero-order valence-corrected chi connectivity index (χ0v) is 11.1. The largest absolute Gasteiger partial charge is 0.369 e. The standard InChI is InChI=1S/C12H17ClN4/c1-4-12(2,3)7-17-10-8(13)5-15-6-9(10)16-11(17)14/h5-6H,4,7H2,1-3H3,(H2,14,16). The average molecular weight is 253 g/mol. The van der Waals surface area contributed by atoms with Gasteiger partial charge in [-0.3, -0.25) is 4.98 Å². The SMILES string of the molecule is CCC(C)(C)Cn1c(N)nc2cncc(Cl)c21. The van der Waals surface area contributed by atoms with Crippen LogP contribution in [-0.2, 0) is 6.54 Å². The Morgan fingerprint density at radius 1 is 1.41 bits per heavy atom. The van der Waals surface area contributed by atoms with E-state index in [0.29, 0.717) is 11.0 Å². The van der Waals surface area contributed by atoms with E-state index in [-0.39, 0.29) is 5.41 Å². The molecule has 0 bridgehead atoms. The second kappa shape index (κ2) is 4.18. The van der Waals surface area contributed by atoms with E-state index in [4.69, 9.17) is 17.3 Å². The van der Waals surface area contributed by atoms with Crippen molar-refractivity contribution in [2.75, 3.05) is 5.73 Å². The minimum Gasteiger partial charge on any atom is -0.369 e. The number of fused-ring (bicyclic) bond motifs is 1. The van der Waals surface area contributed by atoms with Crippen molar-refractivity contribution in [1.29, 1.82) is 0 Å². The number of aromatic nitrogens is 3. The molecule has 2 N–H and O–H groups in total. The molecule has 0 unspecified atom stereocenters. The molecule has 2 rings (SSSR count). The Morgan fingerprint density at radius 3 is 2.76 bits per heavy atom. The smallest absolute Gasteiger partial charge is 0.201 e. The van der Waals surface area contributed by atoms with Crippen molar-refractivity contribution in [3.8, 4) is 0 Å². The van der Waals surface area contributed by atoms with Gasteiger partial charge in [-0.05, 0) is 11.8 Å². The van der Waals surface area contributed by atoms with Gasteiger partial charge in [-0.1, -0.05) is 32.4 Å². The molecule has 0 atom stereocenters. The quantitative estimate of drug-likeness (QED) is 0.913. The van der Waals surface area contributed by atoms with Gasteiger partial charge >= 0.3 is 0 Å². The van der Waals surface area contributed by atoms with E-state index >= 15 is 0 Å². The van der Waals surface area contributed by atoms with Crippen molar-refractivity contribution in [1.82, 2.24) is 14.5 Å². The van der Waals surface area contributed by atoms with E-state index in [1.807, 2.05) is 4.57 Å². The van der Waals surface area contributed by atoms with Crippen LogP contribution >= 0.6 is 11.6 Å². The molecule has 4 nitrogen and oxygen atoms in total. The average Bonchev–Trinajstić information content (AvgIpc) is 2.56. The topological polar surface area (TPSA) is 56.7 Å². The zero-order valence-electron chi connectivity index (χ0n) is 10.4. The van der Waals surface area contributed by atoms with Crippen molar-refractivity contribution in [2.24, 2.45) is 5.41 Å². The molecule has 2 aromatic rings. The lowest BCUT2D eigenvalue weighted by atomic mass is 9.90. The Labute approximate surface area is 106 Å². The van der Waals surface area contributed by atoms with Gasteiger partial charge in [0.2, 0.25) is 5.95 Å². The van der Waals surface area contributed by atoms with Crippen LogP contribution in [0.2, 0.25) is 5.02 Å². The first kappa shape index (κ1) is 12.2. The number of anilines is 1. The van der Waals surface area contributed by atoms with Gasteiger partial charge in [0.25, 0.3) is 0 Å². The van der Waals surface area contributed by atoms with Crippen molar-refractivity contribution in [2.45, 2.75) is 33.7 Å². The highest BCUT2D eigenvalue weighted by Gasteiger charge is 2.20. The molecule has 0 saturated carbocycles. The minimum atomic E-state index is 0.161. The van der Waals surface area contributed by atoms with E-state index in [2.05, 4.69) is 30.7 Å². The van der Waals surface area contributed by atoms with Crippen LogP contribution in [0, 0.1) is 5.41 Å². The summed E-state index contributed by atoms with van der Waals surface area (Å²) in [5, 5.41) is 0.596. The summed E-state index contributed by atoms with van der Waals surface area (Å²) in [4.78, 5) is 8.31. The predicted octanol–water partition coefficient (Wildman–Crippen LogP) is 3.10. The number of hydrogen-bond donors (Lipinski definition) is 1. The third kappa shape index (κ3) is 2.22. The Bertz CT molecular complexity index is 545. The zero-order chi connectivity index (χ0) is 12.6. The summed E-state index contributed by atoms with van der Waals surface area (Å²) in [6.07, 6.45) is 4.38. The number of pyridine rings is 1. The Kier molecular flexibility index (Phi) is 3.00. The summed E-state index contributed by atoms with van der Waals surface area (Å²) in [7, 11) is 0. The molecule has 0 saturated heterocycles. The summed E-state index contributed by atoms with van der Waals surface area (Å²) in [5.41, 5.74) is 7.74. The molecule has 17 heavy (non-hydrogen) atoms. The second-order valence-corrected chi connectivity index (χ2v) is 5.47. The van der Waals surface area contributed by atoms with E-state index in [1.165, 1.54) is 0 Å². The van der Waals surface area contributed by atoms with Gasteiger partial charge in [0.15, 0.2) is 0 Å². The van der Waals surface area contributed by atoms with Crippen molar-refractivity contribution >= 4 is 28.6 Å². The summed E-state index contributed by atoms with van der Waals surface area (Å²) in [6, 6.07) is 0. The maximum absolute atomic E-state index is 6.17. The fourth-order valence-corrected chi connectivity index (χ4v) is 2.02. The van der Waals surface area contributed by atoms with Gasteiger partial charge < -0.3 is 10.3 Å². The molecule has 0 aliphatic rings. The van der Waals surface area contributed by atoms with Crippen LogP contribution in [0.25, 0.3) is 11.0 Å². The second-order valence-electron chi connectivity index (χ2n) is 5.06. The molecule has 92 valence electrons. The third-order valence-corrected chi connectivity index (χ3v) is 3.45. The monoisotopic (exact) mass is 252 g/mol. The number of hydrogen-bond acceptors (Lipinski definition) is 3. The lowest BCUT2D eigenvalue weighted by molar-refractivity contribution is 0.300. The van der Waals surface area contributed by atoms with Gasteiger partial charge in [0.1, 0.15) is 5.52 Å². The first-order chi connectivity index (χ1) is 7.94. The summed E-state index contributed by atoms with van der Waals surface area (Å²) < 4.78 is 1.98. The van der Waals surface area contributed by atoms with Gasteiger partial charge in [0.05, 0.1) is 16.7 Å². The summed E-state index contributed by atoms with van der Waals surface area (Å²) >= 11 is 6.17. The highest BCUT2D eigenvalue weighted by molar-refractivity contribution is 6.34. The fraction of sp³-hybridized carbons (Fsp3) is 0.500. The minimum absolute atomic E-state index is 0.161. The number of nitrogen functional groups attached to an aromatic ring is 1. The Balaban J connectivity index is 2.57. The molecule has 0 aliphatic carbocycles. The van der Waals surface area contributed by atoms with Crippen LogP contribution in [0.5, 0.6) is 0 Å². The van der Waals surface area contributed by atoms with Crippen molar-refractivity contribution in [3.05, 3.63) is 17.4 Å².